The van der Waals surface area contributed by atoms with E-state index in [1.807, 2.05) is 19.3 Å². The maximum atomic E-state index is 12.8. The molecular formula is C21H23F3N6O. The van der Waals surface area contributed by atoms with Crippen LogP contribution in [0.4, 0.5) is 29.5 Å². The predicted molar refractivity (Wildman–Crippen MR) is 112 cm³/mol. The average molecular weight is 432 g/mol. The monoisotopic (exact) mass is 432 g/mol. The van der Waals surface area contributed by atoms with Crippen LogP contribution in [0.3, 0.4) is 0 Å². The van der Waals surface area contributed by atoms with E-state index in [0.717, 1.165) is 35.4 Å². The van der Waals surface area contributed by atoms with Crippen LogP contribution in [0.25, 0.3) is 11.0 Å². The van der Waals surface area contributed by atoms with Gasteiger partial charge in [0.05, 0.1) is 17.0 Å². The molecule has 7 nitrogen and oxygen atoms in total. The van der Waals surface area contributed by atoms with E-state index in [4.69, 9.17) is 0 Å². The highest BCUT2D eigenvalue weighted by atomic mass is 19.4. The summed E-state index contributed by atoms with van der Waals surface area (Å²) in [6.45, 7) is 3.18. The van der Waals surface area contributed by atoms with Gasteiger partial charge in [-0.25, -0.2) is 14.8 Å². The first-order chi connectivity index (χ1) is 14.7. The van der Waals surface area contributed by atoms with Gasteiger partial charge in [-0.15, -0.1) is 0 Å². The van der Waals surface area contributed by atoms with Gasteiger partial charge in [0, 0.05) is 32.0 Å². The summed E-state index contributed by atoms with van der Waals surface area (Å²) in [5, 5.41) is 3.61. The van der Waals surface area contributed by atoms with Crippen molar-refractivity contribution in [1.82, 2.24) is 19.9 Å². The molecule has 4 rings (SSSR count). The number of likely N-dealkylation sites (tertiary alicyclic amines) is 1. The molecule has 1 aromatic carbocycles. The largest absolute Gasteiger partial charge is 0.416 e. The summed E-state index contributed by atoms with van der Waals surface area (Å²) < 4.78 is 38.2. The maximum Gasteiger partial charge on any atom is 0.416 e. The molecule has 1 aliphatic rings. The zero-order chi connectivity index (χ0) is 22.2. The first kappa shape index (κ1) is 21.0. The molecule has 1 saturated heterocycles. The molecule has 1 fully saturated rings. The van der Waals surface area contributed by atoms with Crippen molar-refractivity contribution >= 4 is 28.6 Å². The third-order valence-electron chi connectivity index (χ3n) is 5.83. The number of piperidine rings is 1. The lowest BCUT2D eigenvalue weighted by Crippen LogP contribution is -2.53. The zero-order valence-corrected chi connectivity index (χ0v) is 17.1. The molecule has 2 aromatic heterocycles. The van der Waals surface area contributed by atoms with E-state index in [0.29, 0.717) is 24.7 Å². The minimum Gasteiger partial charge on any atom is -0.354 e. The van der Waals surface area contributed by atoms with Gasteiger partial charge < -0.3 is 20.1 Å². The Morgan fingerprint density at radius 2 is 1.97 bits per heavy atom. The Balaban J connectivity index is 1.47. The Morgan fingerprint density at radius 1 is 1.23 bits per heavy atom. The number of H-pyrrole nitrogens is 1. The number of hydrogen-bond acceptors (Lipinski definition) is 4. The second-order valence-electron chi connectivity index (χ2n) is 7.83. The van der Waals surface area contributed by atoms with Gasteiger partial charge in [0.1, 0.15) is 17.8 Å². The lowest BCUT2D eigenvalue weighted by molar-refractivity contribution is -0.137. The molecule has 2 unspecified atom stereocenters. The van der Waals surface area contributed by atoms with Crippen LogP contribution in [0.5, 0.6) is 0 Å². The van der Waals surface area contributed by atoms with Gasteiger partial charge in [-0.2, -0.15) is 13.2 Å². The van der Waals surface area contributed by atoms with Crippen molar-refractivity contribution in [2.24, 2.45) is 5.92 Å². The predicted octanol–water partition coefficient (Wildman–Crippen LogP) is 4.36. The van der Waals surface area contributed by atoms with Crippen LogP contribution in [0.1, 0.15) is 18.9 Å². The second kappa shape index (κ2) is 8.09. The summed E-state index contributed by atoms with van der Waals surface area (Å²) in [4.78, 5) is 28.3. The molecule has 2 N–H and O–H groups in total. The number of carbonyl (C=O) groups is 1. The normalized spacial score (nSPS) is 19.5. The first-order valence-corrected chi connectivity index (χ1v) is 9.98. The Hall–Kier alpha value is -3.30. The number of benzene rings is 1. The van der Waals surface area contributed by atoms with Crippen molar-refractivity contribution in [3.05, 3.63) is 48.4 Å². The van der Waals surface area contributed by atoms with Gasteiger partial charge in [0.25, 0.3) is 0 Å². The van der Waals surface area contributed by atoms with E-state index < -0.39 is 11.7 Å². The molecule has 3 heterocycles. The molecule has 10 heteroatoms. The van der Waals surface area contributed by atoms with Gasteiger partial charge in [0.15, 0.2) is 0 Å². The number of nitrogens with zero attached hydrogens (tertiary/aromatic N) is 4. The molecule has 3 aromatic rings. The van der Waals surface area contributed by atoms with Gasteiger partial charge in [0.2, 0.25) is 0 Å². The lowest BCUT2D eigenvalue weighted by atomic mass is 9.92. The Bertz CT molecular complexity index is 1060. The summed E-state index contributed by atoms with van der Waals surface area (Å²) in [6.07, 6.45) is -0.288. The highest BCUT2D eigenvalue weighted by Crippen LogP contribution is 2.31. The molecular weight excluding hydrogens is 409 g/mol. The molecule has 0 spiro atoms. The number of aromatic amines is 1. The summed E-state index contributed by atoms with van der Waals surface area (Å²) in [5.74, 6) is 1.11. The third-order valence-corrected chi connectivity index (χ3v) is 5.83. The molecule has 0 saturated carbocycles. The number of aromatic nitrogens is 3. The number of carbonyl (C=O) groups excluding carboxylic acids is 1. The number of alkyl halides is 3. The van der Waals surface area contributed by atoms with Crippen LogP contribution >= 0.6 is 0 Å². The number of nitrogens with one attached hydrogen (secondary N) is 2. The first-order valence-electron chi connectivity index (χ1n) is 9.98. The van der Waals surface area contributed by atoms with E-state index in [2.05, 4.69) is 32.1 Å². The smallest absolute Gasteiger partial charge is 0.354 e. The van der Waals surface area contributed by atoms with Crippen molar-refractivity contribution < 1.29 is 18.0 Å². The number of amides is 2. The Labute approximate surface area is 177 Å². The van der Waals surface area contributed by atoms with Gasteiger partial charge >= 0.3 is 12.2 Å². The fourth-order valence-corrected chi connectivity index (χ4v) is 3.98. The van der Waals surface area contributed by atoms with Gasteiger partial charge in [-0.3, -0.25) is 0 Å². The molecule has 0 aliphatic carbocycles. The summed E-state index contributed by atoms with van der Waals surface area (Å²) in [5.41, 5.74) is 0.323. The van der Waals surface area contributed by atoms with E-state index in [1.54, 1.807) is 4.90 Å². The van der Waals surface area contributed by atoms with E-state index in [1.165, 1.54) is 18.5 Å². The molecule has 0 radical (unpaired) electrons. The molecule has 164 valence electrons. The number of fused-ring (bicyclic) bond motifs is 1. The zero-order valence-electron chi connectivity index (χ0n) is 17.1. The van der Waals surface area contributed by atoms with Gasteiger partial charge in [-0.1, -0.05) is 6.92 Å². The van der Waals surface area contributed by atoms with E-state index in [9.17, 15) is 18.0 Å². The Kier molecular flexibility index (Phi) is 5.47. The maximum absolute atomic E-state index is 12.8. The number of hydrogen-bond donors (Lipinski definition) is 2. The molecule has 0 bridgehead atoms. The van der Waals surface area contributed by atoms with Crippen molar-refractivity contribution in [2.45, 2.75) is 25.6 Å². The fourth-order valence-electron chi connectivity index (χ4n) is 3.98. The average Bonchev–Trinajstić information content (AvgIpc) is 3.22. The van der Waals surface area contributed by atoms with Crippen LogP contribution < -0.4 is 10.2 Å². The quantitative estimate of drug-likeness (QED) is 0.645. The number of likely N-dealkylation sites (N-methyl/N-ethyl adjacent to an activating group) is 1. The minimum absolute atomic E-state index is 0.0279. The molecule has 1 aliphatic heterocycles. The SMILES string of the molecule is CC1CCN(C(=O)Nc2ccc(C(F)(F)F)cc2)CC1N(C)c1ncnc2[nH]ccc12. The van der Waals surface area contributed by atoms with E-state index in [-0.39, 0.29) is 12.1 Å². The highest BCUT2D eigenvalue weighted by molar-refractivity contribution is 5.90. The van der Waals surface area contributed by atoms with Crippen molar-refractivity contribution in [3.63, 3.8) is 0 Å². The number of halogens is 3. The van der Waals surface area contributed by atoms with Gasteiger partial charge in [-0.05, 0) is 42.7 Å². The number of urea groups is 1. The van der Waals surface area contributed by atoms with Crippen molar-refractivity contribution in [3.8, 4) is 0 Å². The lowest BCUT2D eigenvalue weighted by Gasteiger charge is -2.42. The van der Waals surface area contributed by atoms with E-state index >= 15 is 0 Å². The van der Waals surface area contributed by atoms with Crippen LogP contribution in [-0.2, 0) is 6.18 Å². The standard InChI is InChI=1S/C21H23F3N6O/c1-13-8-10-30(20(31)28-15-5-3-14(4-6-15)21(22,23)24)11-17(13)29(2)19-16-7-9-25-18(16)26-12-27-19/h3-7,9,12-13,17H,8,10-11H2,1-2H3,(H,28,31)(H,25,26,27). The summed E-state index contributed by atoms with van der Waals surface area (Å²) in [6, 6.07) is 6.06. The molecule has 31 heavy (non-hydrogen) atoms. The third kappa shape index (κ3) is 4.28. The fraction of sp³-hybridized carbons (Fsp3) is 0.381. The van der Waals surface area contributed by atoms with Crippen LogP contribution in [-0.4, -0.2) is 52.1 Å². The summed E-state index contributed by atoms with van der Waals surface area (Å²) >= 11 is 0. The summed E-state index contributed by atoms with van der Waals surface area (Å²) in [7, 11) is 1.95. The van der Waals surface area contributed by atoms with Crippen LogP contribution in [0.2, 0.25) is 0 Å². The molecule has 2 amide bonds. The number of anilines is 2. The number of rotatable bonds is 3. The Morgan fingerprint density at radius 3 is 2.68 bits per heavy atom. The van der Waals surface area contributed by atoms with Crippen molar-refractivity contribution in [1.29, 1.82) is 0 Å². The second-order valence-corrected chi connectivity index (χ2v) is 7.83. The van der Waals surface area contributed by atoms with Crippen molar-refractivity contribution in [2.75, 3.05) is 30.4 Å². The highest BCUT2D eigenvalue weighted by Gasteiger charge is 2.33. The van der Waals surface area contributed by atoms with Crippen LogP contribution in [0, 0.1) is 5.92 Å². The minimum atomic E-state index is -4.41. The molecule has 2 atom stereocenters. The van der Waals surface area contributed by atoms with Crippen LogP contribution in [0.15, 0.2) is 42.9 Å². The topological polar surface area (TPSA) is 77.2 Å².